The number of carbonyl (C=O) groups is 1. The molecular formula is C22H35N3O2. The molecule has 5 nitrogen and oxygen atoms in total. The molecule has 0 saturated carbocycles. The summed E-state index contributed by atoms with van der Waals surface area (Å²) in [6.07, 6.45) is 7.48. The van der Waals surface area contributed by atoms with Crippen molar-refractivity contribution in [2.75, 3.05) is 38.1 Å². The molecule has 2 heterocycles. The van der Waals surface area contributed by atoms with Crippen molar-refractivity contribution in [3.05, 3.63) is 24.3 Å². The molecule has 2 aliphatic heterocycles. The van der Waals surface area contributed by atoms with Gasteiger partial charge < -0.3 is 10.1 Å². The topological polar surface area (TPSA) is 44.8 Å². The molecule has 2 fully saturated rings. The number of hydrogen-bond acceptors (Lipinski definition) is 4. The van der Waals surface area contributed by atoms with Gasteiger partial charge in [0, 0.05) is 11.7 Å². The number of nitrogens with one attached hydrogen (secondary N) is 1. The van der Waals surface area contributed by atoms with Crippen molar-refractivity contribution in [2.45, 2.75) is 64.5 Å². The van der Waals surface area contributed by atoms with Crippen LogP contribution in [0.1, 0.15) is 52.4 Å². The van der Waals surface area contributed by atoms with E-state index in [9.17, 15) is 4.79 Å². The van der Waals surface area contributed by atoms with Gasteiger partial charge in [-0.3, -0.25) is 14.6 Å². The molecular weight excluding hydrogens is 338 g/mol. The Hall–Kier alpha value is -1.59. The second kappa shape index (κ2) is 10.1. The third kappa shape index (κ3) is 5.45. The predicted molar refractivity (Wildman–Crippen MR) is 110 cm³/mol. The van der Waals surface area contributed by atoms with Gasteiger partial charge in [0.25, 0.3) is 0 Å². The van der Waals surface area contributed by atoms with Gasteiger partial charge >= 0.3 is 0 Å². The second-order valence-corrected chi connectivity index (χ2v) is 7.83. The Morgan fingerprint density at radius 1 is 0.963 bits per heavy atom. The smallest absolute Gasteiger partial charge is 0.243 e. The SMILES string of the molecule is CCOc1ccc(NC(=O)C(C(C)N2CCCCC2)N2CCCCC2)cc1. The van der Waals surface area contributed by atoms with Crippen molar-refractivity contribution in [1.29, 1.82) is 0 Å². The number of carbonyl (C=O) groups excluding carboxylic acids is 1. The largest absolute Gasteiger partial charge is 0.494 e. The van der Waals surface area contributed by atoms with Crippen LogP contribution >= 0.6 is 0 Å². The number of piperidine rings is 2. The molecule has 0 bridgehead atoms. The molecule has 0 aromatic heterocycles. The molecule has 0 radical (unpaired) electrons. The van der Waals surface area contributed by atoms with Gasteiger partial charge in [-0.2, -0.15) is 0 Å². The number of benzene rings is 1. The van der Waals surface area contributed by atoms with Crippen molar-refractivity contribution < 1.29 is 9.53 Å². The molecule has 2 saturated heterocycles. The quantitative estimate of drug-likeness (QED) is 0.791. The maximum absolute atomic E-state index is 13.3. The summed E-state index contributed by atoms with van der Waals surface area (Å²) in [6.45, 7) is 9.14. The summed E-state index contributed by atoms with van der Waals surface area (Å²) in [5.41, 5.74) is 0.844. The standard InChI is InChI=1S/C22H35N3O2/c1-3-27-20-12-10-19(11-13-20)23-22(26)21(25-16-8-5-9-17-25)18(2)24-14-6-4-7-15-24/h10-13,18,21H,3-9,14-17H2,1-2H3,(H,23,26). The first kappa shape index (κ1) is 20.2. The highest BCUT2D eigenvalue weighted by molar-refractivity contribution is 5.95. The minimum absolute atomic E-state index is 0.0880. The van der Waals surface area contributed by atoms with Crippen LogP contribution in [-0.4, -0.2) is 60.6 Å². The lowest BCUT2D eigenvalue weighted by molar-refractivity contribution is -0.124. The zero-order valence-corrected chi connectivity index (χ0v) is 17.0. The number of hydrogen-bond donors (Lipinski definition) is 1. The Kier molecular flexibility index (Phi) is 7.53. The number of rotatable bonds is 7. The van der Waals surface area contributed by atoms with Crippen molar-refractivity contribution in [2.24, 2.45) is 0 Å². The Morgan fingerprint density at radius 2 is 1.52 bits per heavy atom. The highest BCUT2D eigenvalue weighted by atomic mass is 16.5. The van der Waals surface area contributed by atoms with Crippen LogP contribution in [0.15, 0.2) is 24.3 Å². The van der Waals surface area contributed by atoms with Gasteiger partial charge in [-0.25, -0.2) is 0 Å². The fourth-order valence-corrected chi connectivity index (χ4v) is 4.43. The summed E-state index contributed by atoms with van der Waals surface area (Å²) in [4.78, 5) is 18.2. The molecule has 1 aromatic carbocycles. The van der Waals surface area contributed by atoms with Gasteiger partial charge in [0.15, 0.2) is 0 Å². The van der Waals surface area contributed by atoms with Crippen LogP contribution < -0.4 is 10.1 Å². The van der Waals surface area contributed by atoms with E-state index in [0.29, 0.717) is 6.61 Å². The average Bonchev–Trinajstić information content (AvgIpc) is 2.71. The summed E-state index contributed by atoms with van der Waals surface area (Å²) >= 11 is 0. The van der Waals surface area contributed by atoms with Crippen LogP contribution in [0.5, 0.6) is 5.75 Å². The van der Waals surface area contributed by atoms with Crippen LogP contribution in [0, 0.1) is 0 Å². The predicted octanol–water partition coefficient (Wildman–Crippen LogP) is 3.75. The molecule has 2 unspecified atom stereocenters. The van der Waals surface area contributed by atoms with Crippen LogP contribution in [0.4, 0.5) is 5.69 Å². The molecule has 3 rings (SSSR count). The number of anilines is 1. The van der Waals surface area contributed by atoms with Crippen LogP contribution in [0.3, 0.4) is 0 Å². The number of nitrogens with zero attached hydrogens (tertiary/aromatic N) is 2. The molecule has 1 N–H and O–H groups in total. The van der Waals surface area contributed by atoms with E-state index < -0.39 is 0 Å². The third-order valence-electron chi connectivity index (χ3n) is 5.91. The van der Waals surface area contributed by atoms with Gasteiger partial charge in [-0.15, -0.1) is 0 Å². The van der Waals surface area contributed by atoms with Crippen molar-refractivity contribution in [3.8, 4) is 5.75 Å². The lowest BCUT2D eigenvalue weighted by Crippen LogP contribution is -2.58. The minimum Gasteiger partial charge on any atom is -0.494 e. The van der Waals surface area contributed by atoms with Gasteiger partial charge in [0.1, 0.15) is 11.8 Å². The minimum atomic E-state index is -0.0880. The van der Waals surface area contributed by atoms with E-state index in [2.05, 4.69) is 22.0 Å². The summed E-state index contributed by atoms with van der Waals surface area (Å²) in [5, 5.41) is 3.17. The second-order valence-electron chi connectivity index (χ2n) is 7.83. The fourth-order valence-electron chi connectivity index (χ4n) is 4.43. The first-order valence-corrected chi connectivity index (χ1v) is 10.7. The van der Waals surface area contributed by atoms with E-state index in [4.69, 9.17) is 4.74 Å². The molecule has 1 aromatic rings. The van der Waals surface area contributed by atoms with Crippen LogP contribution in [0.2, 0.25) is 0 Å². The molecule has 0 aliphatic carbocycles. The normalized spacial score (nSPS) is 21.4. The molecule has 150 valence electrons. The molecule has 2 atom stereocenters. The molecule has 27 heavy (non-hydrogen) atoms. The number of amides is 1. The van der Waals surface area contributed by atoms with E-state index in [0.717, 1.165) is 37.6 Å². The van der Waals surface area contributed by atoms with E-state index in [1.54, 1.807) is 0 Å². The number of ether oxygens (including phenoxy) is 1. The summed E-state index contributed by atoms with van der Waals surface area (Å²) in [7, 11) is 0. The maximum atomic E-state index is 13.3. The van der Waals surface area contributed by atoms with Gasteiger partial charge in [-0.05, 0) is 90.0 Å². The maximum Gasteiger partial charge on any atom is 0.243 e. The van der Waals surface area contributed by atoms with Gasteiger partial charge in [0.2, 0.25) is 5.91 Å². The average molecular weight is 374 g/mol. The lowest BCUT2D eigenvalue weighted by Gasteiger charge is -2.42. The lowest BCUT2D eigenvalue weighted by atomic mass is 9.99. The fraction of sp³-hybridized carbons (Fsp3) is 0.682. The zero-order chi connectivity index (χ0) is 19.1. The van der Waals surface area contributed by atoms with Gasteiger partial charge in [0.05, 0.1) is 6.61 Å². The monoisotopic (exact) mass is 373 g/mol. The van der Waals surface area contributed by atoms with Crippen molar-refractivity contribution in [1.82, 2.24) is 9.80 Å². The Bertz CT molecular complexity index is 578. The number of likely N-dealkylation sites (tertiary alicyclic amines) is 2. The summed E-state index contributed by atoms with van der Waals surface area (Å²) in [6, 6.07) is 7.86. The third-order valence-corrected chi connectivity index (χ3v) is 5.91. The summed E-state index contributed by atoms with van der Waals surface area (Å²) < 4.78 is 5.50. The van der Waals surface area contributed by atoms with Gasteiger partial charge in [-0.1, -0.05) is 12.8 Å². The first-order chi connectivity index (χ1) is 13.2. The van der Waals surface area contributed by atoms with Crippen LogP contribution in [0.25, 0.3) is 0 Å². The van der Waals surface area contributed by atoms with Crippen LogP contribution in [-0.2, 0) is 4.79 Å². The Balaban J connectivity index is 1.71. The first-order valence-electron chi connectivity index (χ1n) is 10.7. The van der Waals surface area contributed by atoms with E-state index >= 15 is 0 Å². The van der Waals surface area contributed by atoms with Crippen molar-refractivity contribution in [3.63, 3.8) is 0 Å². The zero-order valence-electron chi connectivity index (χ0n) is 17.0. The van der Waals surface area contributed by atoms with E-state index in [1.807, 2.05) is 31.2 Å². The molecule has 0 spiro atoms. The highest BCUT2D eigenvalue weighted by Gasteiger charge is 2.35. The van der Waals surface area contributed by atoms with E-state index in [1.165, 1.54) is 38.5 Å². The summed E-state index contributed by atoms with van der Waals surface area (Å²) in [5.74, 6) is 0.962. The molecule has 2 aliphatic rings. The molecule has 5 heteroatoms. The van der Waals surface area contributed by atoms with Crippen molar-refractivity contribution >= 4 is 11.6 Å². The molecule has 1 amide bonds. The Morgan fingerprint density at radius 3 is 2.07 bits per heavy atom. The highest BCUT2D eigenvalue weighted by Crippen LogP contribution is 2.23. The van der Waals surface area contributed by atoms with E-state index in [-0.39, 0.29) is 18.0 Å². The Labute approximate surface area is 164 Å².